The molecule has 0 spiro atoms. The van der Waals surface area contributed by atoms with Crippen molar-refractivity contribution in [1.82, 2.24) is 0 Å². The summed E-state index contributed by atoms with van der Waals surface area (Å²) >= 11 is 0. The van der Waals surface area contributed by atoms with Gasteiger partial charge in [-0.15, -0.1) is 0 Å². The molecule has 0 aliphatic heterocycles. The van der Waals surface area contributed by atoms with Gasteiger partial charge in [-0.3, -0.25) is 0 Å². The third-order valence-electron chi connectivity index (χ3n) is 3.03. The maximum Gasteiger partial charge on any atom is 0.132 e. The number of phenolic OH excluding ortho intramolecular Hbond substituents is 2. The van der Waals surface area contributed by atoms with E-state index >= 15 is 0 Å². The van der Waals surface area contributed by atoms with Crippen LogP contribution in [0.1, 0.15) is 24.1 Å². The predicted octanol–water partition coefficient (Wildman–Crippen LogP) is 3.72. The van der Waals surface area contributed by atoms with Gasteiger partial charge in [-0.2, -0.15) is 0 Å². The first-order valence-corrected chi connectivity index (χ1v) is 6.02. The molecule has 0 amide bonds. The number of anilines is 1. The zero-order chi connectivity index (χ0) is 14.0. The minimum absolute atomic E-state index is 0.0890. The Hall–Kier alpha value is -2.23. The molecule has 0 aromatic heterocycles. The van der Waals surface area contributed by atoms with Crippen LogP contribution >= 0.6 is 0 Å². The average Bonchev–Trinajstić information content (AvgIpc) is 2.33. The minimum Gasteiger partial charge on any atom is -0.508 e. The number of hydrogen-bond donors (Lipinski definition) is 3. The molecule has 0 bridgehead atoms. The van der Waals surface area contributed by atoms with Crippen LogP contribution in [0.2, 0.25) is 0 Å². The van der Waals surface area contributed by atoms with E-state index in [9.17, 15) is 14.6 Å². The van der Waals surface area contributed by atoms with Crippen molar-refractivity contribution in [1.29, 1.82) is 0 Å². The zero-order valence-electron chi connectivity index (χ0n) is 10.8. The van der Waals surface area contributed by atoms with Gasteiger partial charge in [0.2, 0.25) is 0 Å². The molecule has 1 unspecified atom stereocenters. The SMILES string of the molecule is Cc1cc(NC(C)c2ccc(O)cc2F)ccc1O. The number of rotatable bonds is 3. The van der Waals surface area contributed by atoms with E-state index in [-0.39, 0.29) is 17.5 Å². The maximum absolute atomic E-state index is 13.7. The molecule has 0 saturated carbocycles. The summed E-state index contributed by atoms with van der Waals surface area (Å²) in [5.41, 5.74) is 2.03. The summed E-state index contributed by atoms with van der Waals surface area (Å²) in [5.74, 6) is -0.307. The van der Waals surface area contributed by atoms with Gasteiger partial charge in [-0.05, 0) is 43.7 Å². The smallest absolute Gasteiger partial charge is 0.132 e. The van der Waals surface area contributed by atoms with Crippen LogP contribution in [0, 0.1) is 12.7 Å². The molecule has 0 aliphatic rings. The van der Waals surface area contributed by atoms with Gasteiger partial charge in [-0.1, -0.05) is 6.07 Å². The number of halogens is 1. The third-order valence-corrected chi connectivity index (χ3v) is 3.03. The Morgan fingerprint density at radius 1 is 1.11 bits per heavy atom. The third kappa shape index (κ3) is 2.96. The van der Waals surface area contributed by atoms with E-state index in [1.165, 1.54) is 6.07 Å². The predicted molar refractivity (Wildman–Crippen MR) is 72.9 cm³/mol. The normalized spacial score (nSPS) is 12.2. The van der Waals surface area contributed by atoms with E-state index in [1.807, 2.05) is 6.92 Å². The van der Waals surface area contributed by atoms with Crippen molar-refractivity contribution < 1.29 is 14.6 Å². The van der Waals surface area contributed by atoms with Crippen molar-refractivity contribution in [3.63, 3.8) is 0 Å². The van der Waals surface area contributed by atoms with Crippen molar-refractivity contribution in [2.75, 3.05) is 5.32 Å². The lowest BCUT2D eigenvalue weighted by atomic mass is 10.1. The number of aryl methyl sites for hydroxylation is 1. The topological polar surface area (TPSA) is 52.5 Å². The zero-order valence-corrected chi connectivity index (χ0v) is 10.8. The second-order valence-electron chi connectivity index (χ2n) is 4.57. The summed E-state index contributed by atoms with van der Waals surface area (Å²) in [5, 5.41) is 21.8. The first-order valence-electron chi connectivity index (χ1n) is 6.02. The van der Waals surface area contributed by atoms with Crippen LogP contribution < -0.4 is 5.32 Å². The highest BCUT2D eigenvalue weighted by Crippen LogP contribution is 2.26. The molecule has 2 rings (SSSR count). The number of aromatic hydroxyl groups is 2. The molecule has 3 N–H and O–H groups in total. The van der Waals surface area contributed by atoms with Crippen LogP contribution in [0.4, 0.5) is 10.1 Å². The first-order chi connectivity index (χ1) is 8.97. The molecule has 0 radical (unpaired) electrons. The molecule has 4 heteroatoms. The average molecular weight is 261 g/mol. The number of nitrogens with one attached hydrogen (secondary N) is 1. The lowest BCUT2D eigenvalue weighted by Gasteiger charge is -2.17. The van der Waals surface area contributed by atoms with Crippen molar-refractivity contribution in [3.05, 3.63) is 53.3 Å². The van der Waals surface area contributed by atoms with Gasteiger partial charge >= 0.3 is 0 Å². The molecule has 2 aromatic rings. The number of benzene rings is 2. The Bertz CT molecular complexity index is 599. The summed E-state index contributed by atoms with van der Waals surface area (Å²) in [6.07, 6.45) is 0. The highest BCUT2D eigenvalue weighted by atomic mass is 19.1. The summed E-state index contributed by atoms with van der Waals surface area (Å²) in [6, 6.07) is 8.98. The molecule has 0 aliphatic carbocycles. The Morgan fingerprint density at radius 3 is 2.47 bits per heavy atom. The van der Waals surface area contributed by atoms with E-state index in [4.69, 9.17) is 0 Å². The molecule has 2 aromatic carbocycles. The Kier molecular flexibility index (Phi) is 3.60. The quantitative estimate of drug-likeness (QED) is 0.738. The fourth-order valence-electron chi connectivity index (χ4n) is 1.94. The van der Waals surface area contributed by atoms with Crippen molar-refractivity contribution in [2.45, 2.75) is 19.9 Å². The summed E-state index contributed by atoms with van der Waals surface area (Å²) in [7, 11) is 0. The van der Waals surface area contributed by atoms with Gasteiger partial charge in [0.25, 0.3) is 0 Å². The molecule has 0 fully saturated rings. The van der Waals surface area contributed by atoms with Crippen LogP contribution in [-0.2, 0) is 0 Å². The van der Waals surface area contributed by atoms with Crippen molar-refractivity contribution in [3.8, 4) is 11.5 Å². The van der Waals surface area contributed by atoms with Crippen LogP contribution in [-0.4, -0.2) is 10.2 Å². The van der Waals surface area contributed by atoms with Crippen molar-refractivity contribution in [2.24, 2.45) is 0 Å². The van der Waals surface area contributed by atoms with E-state index in [0.717, 1.165) is 17.3 Å². The van der Waals surface area contributed by atoms with E-state index in [0.29, 0.717) is 5.56 Å². The monoisotopic (exact) mass is 261 g/mol. The summed E-state index contributed by atoms with van der Waals surface area (Å²) in [6.45, 7) is 3.63. The molecular weight excluding hydrogens is 245 g/mol. The fraction of sp³-hybridized carbons (Fsp3) is 0.200. The lowest BCUT2D eigenvalue weighted by Crippen LogP contribution is -2.08. The fourth-order valence-corrected chi connectivity index (χ4v) is 1.94. The molecular formula is C15H16FNO2. The van der Waals surface area contributed by atoms with Gasteiger partial charge in [0.15, 0.2) is 0 Å². The summed E-state index contributed by atoms with van der Waals surface area (Å²) < 4.78 is 13.7. The molecule has 3 nitrogen and oxygen atoms in total. The van der Waals surface area contributed by atoms with Crippen molar-refractivity contribution >= 4 is 5.69 Å². The molecule has 1 atom stereocenters. The molecule has 0 heterocycles. The Balaban J connectivity index is 2.20. The lowest BCUT2D eigenvalue weighted by molar-refractivity contribution is 0.467. The van der Waals surface area contributed by atoms with Crippen LogP contribution in [0.5, 0.6) is 11.5 Å². The highest BCUT2D eigenvalue weighted by molar-refractivity contribution is 5.51. The largest absolute Gasteiger partial charge is 0.508 e. The van der Waals surface area contributed by atoms with Crippen LogP contribution in [0.3, 0.4) is 0 Å². The van der Waals surface area contributed by atoms with Gasteiger partial charge in [0.05, 0.1) is 6.04 Å². The minimum atomic E-state index is -0.449. The Labute approximate surface area is 111 Å². The molecule has 100 valence electrons. The maximum atomic E-state index is 13.7. The number of phenols is 2. The molecule has 19 heavy (non-hydrogen) atoms. The van der Waals surface area contributed by atoms with Gasteiger partial charge in [-0.25, -0.2) is 4.39 Å². The highest BCUT2D eigenvalue weighted by Gasteiger charge is 2.11. The van der Waals surface area contributed by atoms with Gasteiger partial charge in [0, 0.05) is 17.3 Å². The molecule has 0 saturated heterocycles. The first kappa shape index (κ1) is 13.2. The van der Waals surface area contributed by atoms with E-state index in [1.54, 1.807) is 31.2 Å². The van der Waals surface area contributed by atoms with Crippen LogP contribution in [0.15, 0.2) is 36.4 Å². The van der Waals surface area contributed by atoms with E-state index < -0.39 is 5.82 Å². The Morgan fingerprint density at radius 2 is 1.84 bits per heavy atom. The van der Waals surface area contributed by atoms with Gasteiger partial charge < -0.3 is 15.5 Å². The summed E-state index contributed by atoms with van der Waals surface area (Å²) in [4.78, 5) is 0. The van der Waals surface area contributed by atoms with Gasteiger partial charge in [0.1, 0.15) is 17.3 Å². The second kappa shape index (κ2) is 5.18. The standard InChI is InChI=1S/C15H16FNO2/c1-9-7-11(3-6-15(9)19)17-10(2)13-5-4-12(18)8-14(13)16/h3-8,10,17-19H,1-2H3. The number of hydrogen-bond acceptors (Lipinski definition) is 3. The second-order valence-corrected chi connectivity index (χ2v) is 4.57. The van der Waals surface area contributed by atoms with Crippen LogP contribution in [0.25, 0.3) is 0 Å². The van der Waals surface area contributed by atoms with E-state index in [2.05, 4.69) is 5.32 Å².